The first-order valence-corrected chi connectivity index (χ1v) is 6.08. The Morgan fingerprint density at radius 2 is 1.62 bits per heavy atom. The van der Waals surface area contributed by atoms with Crippen LogP contribution >= 0.6 is 0 Å². The van der Waals surface area contributed by atoms with Crippen LogP contribution < -0.4 is 5.32 Å². The largest absolute Gasteiger partial charge is 0.314 e. The Morgan fingerprint density at radius 1 is 1.00 bits per heavy atom. The summed E-state index contributed by atoms with van der Waals surface area (Å²) in [7, 11) is 0. The summed E-state index contributed by atoms with van der Waals surface area (Å²) in [5, 5.41) is 3.55. The van der Waals surface area contributed by atoms with E-state index in [-0.39, 0.29) is 0 Å². The summed E-state index contributed by atoms with van der Waals surface area (Å²) in [5.41, 5.74) is 0. The lowest BCUT2D eigenvalue weighted by Crippen LogP contribution is -2.28. The molecule has 0 aromatic heterocycles. The summed E-state index contributed by atoms with van der Waals surface area (Å²) in [4.78, 5) is 0. The second-order valence-corrected chi connectivity index (χ2v) is 3.20. The van der Waals surface area contributed by atoms with Gasteiger partial charge >= 0.3 is 0 Å². The maximum atomic E-state index is 3.55. The van der Waals surface area contributed by atoms with Crippen LogP contribution in [-0.2, 0) is 0 Å². The molecule has 0 aliphatic heterocycles. The highest BCUT2D eigenvalue weighted by Gasteiger charge is 2.02. The summed E-state index contributed by atoms with van der Waals surface area (Å²) in [6.07, 6.45) is 6.58. The van der Waals surface area contributed by atoms with Crippen molar-refractivity contribution < 1.29 is 0 Å². The van der Waals surface area contributed by atoms with Crippen LogP contribution in [0.5, 0.6) is 0 Å². The normalized spacial score (nSPS) is 11.8. The first kappa shape index (κ1) is 15.4. The van der Waals surface area contributed by atoms with Crippen molar-refractivity contribution >= 4 is 0 Å². The maximum absolute atomic E-state index is 3.55. The second kappa shape index (κ2) is 14.5. The zero-order valence-corrected chi connectivity index (χ0v) is 10.3. The highest BCUT2D eigenvalue weighted by Crippen LogP contribution is 2.03. The smallest absolute Gasteiger partial charge is 0.00644 e. The number of nitrogens with one attached hydrogen (secondary N) is 1. The Bertz CT molecular complexity index is 63.5. The summed E-state index contributed by atoms with van der Waals surface area (Å²) in [5.74, 6) is 0. The van der Waals surface area contributed by atoms with Gasteiger partial charge in [0.1, 0.15) is 0 Å². The zero-order chi connectivity index (χ0) is 10.5. The van der Waals surface area contributed by atoms with Gasteiger partial charge in [0.05, 0.1) is 0 Å². The van der Waals surface area contributed by atoms with Gasteiger partial charge in [0, 0.05) is 6.04 Å². The molecule has 0 radical (unpaired) electrons. The van der Waals surface area contributed by atoms with Crippen LogP contribution in [0.25, 0.3) is 0 Å². The van der Waals surface area contributed by atoms with Crippen molar-refractivity contribution in [2.24, 2.45) is 0 Å². The van der Waals surface area contributed by atoms with Crippen LogP contribution in [0.4, 0.5) is 0 Å². The molecule has 0 fully saturated rings. The molecule has 1 heteroatoms. The van der Waals surface area contributed by atoms with Gasteiger partial charge in [-0.05, 0) is 25.8 Å². The fourth-order valence-electron chi connectivity index (χ4n) is 1.25. The molecule has 0 aliphatic rings. The molecule has 13 heavy (non-hydrogen) atoms. The molecule has 0 aromatic rings. The molecule has 1 atom stereocenters. The van der Waals surface area contributed by atoms with E-state index in [9.17, 15) is 0 Å². The molecule has 0 rings (SSSR count). The van der Waals surface area contributed by atoms with Crippen LogP contribution in [0.1, 0.15) is 66.7 Å². The Labute approximate surface area is 85.3 Å². The summed E-state index contributed by atoms with van der Waals surface area (Å²) >= 11 is 0. The molecule has 0 bridgehead atoms. The average molecular weight is 187 g/mol. The van der Waals surface area contributed by atoms with Gasteiger partial charge in [-0.25, -0.2) is 0 Å². The quantitative estimate of drug-likeness (QED) is 0.635. The molecule has 0 saturated carbocycles. The average Bonchev–Trinajstić information content (AvgIpc) is 2.21. The Hall–Kier alpha value is -0.0400. The van der Waals surface area contributed by atoms with Crippen LogP contribution in [0.15, 0.2) is 0 Å². The highest BCUT2D eigenvalue weighted by molar-refractivity contribution is 4.63. The summed E-state index contributed by atoms with van der Waals surface area (Å²) < 4.78 is 0. The lowest BCUT2D eigenvalue weighted by molar-refractivity contribution is 0.453. The topological polar surface area (TPSA) is 12.0 Å². The second-order valence-electron chi connectivity index (χ2n) is 3.20. The van der Waals surface area contributed by atoms with Gasteiger partial charge in [0.15, 0.2) is 0 Å². The van der Waals surface area contributed by atoms with E-state index in [2.05, 4.69) is 26.1 Å². The van der Waals surface area contributed by atoms with E-state index >= 15 is 0 Å². The third-order valence-electron chi connectivity index (χ3n) is 2.08. The van der Waals surface area contributed by atoms with Crippen molar-refractivity contribution in [3.63, 3.8) is 0 Å². The van der Waals surface area contributed by atoms with E-state index in [0.717, 1.165) is 6.04 Å². The number of rotatable bonds is 7. The van der Waals surface area contributed by atoms with Gasteiger partial charge in [-0.15, -0.1) is 0 Å². The number of hydrogen-bond donors (Lipinski definition) is 1. The van der Waals surface area contributed by atoms with Crippen LogP contribution in [0.3, 0.4) is 0 Å². The lowest BCUT2D eigenvalue weighted by atomic mass is 10.1. The molecule has 0 spiro atoms. The van der Waals surface area contributed by atoms with E-state index < -0.39 is 0 Å². The third-order valence-corrected chi connectivity index (χ3v) is 2.08. The molecular weight excluding hydrogens is 158 g/mol. The first-order valence-electron chi connectivity index (χ1n) is 6.08. The molecule has 82 valence electrons. The van der Waals surface area contributed by atoms with E-state index in [4.69, 9.17) is 0 Å². The monoisotopic (exact) mass is 187 g/mol. The van der Waals surface area contributed by atoms with Crippen LogP contribution in [0, 0.1) is 0 Å². The predicted molar refractivity (Wildman–Crippen MR) is 63.2 cm³/mol. The zero-order valence-electron chi connectivity index (χ0n) is 10.3. The summed E-state index contributed by atoms with van der Waals surface area (Å²) in [6.45, 7) is 11.9. The van der Waals surface area contributed by atoms with Crippen molar-refractivity contribution in [1.82, 2.24) is 5.32 Å². The molecular formula is C12H29N. The minimum absolute atomic E-state index is 0.773. The molecule has 1 N–H and O–H groups in total. The Balaban J connectivity index is 0. The predicted octanol–water partition coefficient (Wildman–Crippen LogP) is 3.98. The van der Waals surface area contributed by atoms with E-state index in [0.29, 0.717) is 0 Å². The molecule has 1 unspecified atom stereocenters. The standard InChI is InChI=1S/C10H23N.C2H6/c1-4-7-8-10(6-3)11-9-5-2;1-2/h10-11H,4-9H2,1-3H3;1-2H3. The van der Waals surface area contributed by atoms with Crippen molar-refractivity contribution in [3.8, 4) is 0 Å². The van der Waals surface area contributed by atoms with Crippen molar-refractivity contribution in [1.29, 1.82) is 0 Å². The minimum atomic E-state index is 0.773. The molecule has 0 aromatic carbocycles. The van der Waals surface area contributed by atoms with Crippen LogP contribution in [-0.4, -0.2) is 12.6 Å². The van der Waals surface area contributed by atoms with Crippen molar-refractivity contribution in [2.75, 3.05) is 6.54 Å². The minimum Gasteiger partial charge on any atom is -0.314 e. The van der Waals surface area contributed by atoms with Gasteiger partial charge in [-0.1, -0.05) is 47.5 Å². The highest BCUT2D eigenvalue weighted by atomic mass is 14.9. The molecule has 0 amide bonds. The van der Waals surface area contributed by atoms with E-state index in [1.54, 1.807) is 0 Å². The van der Waals surface area contributed by atoms with Gasteiger partial charge in [0.25, 0.3) is 0 Å². The Kier molecular flexibility index (Phi) is 17.2. The van der Waals surface area contributed by atoms with Crippen LogP contribution in [0.2, 0.25) is 0 Å². The molecule has 0 saturated heterocycles. The van der Waals surface area contributed by atoms with Gasteiger partial charge in [-0.2, -0.15) is 0 Å². The molecule has 0 aliphatic carbocycles. The van der Waals surface area contributed by atoms with Crippen molar-refractivity contribution in [2.45, 2.75) is 72.8 Å². The molecule has 0 heterocycles. The van der Waals surface area contributed by atoms with Gasteiger partial charge in [-0.3, -0.25) is 0 Å². The third kappa shape index (κ3) is 12.0. The van der Waals surface area contributed by atoms with E-state index in [1.165, 1.54) is 38.6 Å². The lowest BCUT2D eigenvalue weighted by Gasteiger charge is -2.15. The van der Waals surface area contributed by atoms with E-state index in [1.807, 2.05) is 13.8 Å². The summed E-state index contributed by atoms with van der Waals surface area (Å²) in [6, 6.07) is 0.773. The molecule has 1 nitrogen and oxygen atoms in total. The first-order chi connectivity index (χ1) is 6.35. The number of hydrogen-bond acceptors (Lipinski definition) is 1. The van der Waals surface area contributed by atoms with Gasteiger partial charge < -0.3 is 5.32 Å². The fourth-order valence-corrected chi connectivity index (χ4v) is 1.25. The Morgan fingerprint density at radius 3 is 2.00 bits per heavy atom. The fraction of sp³-hybridized carbons (Fsp3) is 1.00. The maximum Gasteiger partial charge on any atom is 0.00644 e. The van der Waals surface area contributed by atoms with Crippen molar-refractivity contribution in [3.05, 3.63) is 0 Å². The SMILES string of the molecule is CC.CCCCC(CC)NCCC. The van der Waals surface area contributed by atoms with Gasteiger partial charge in [0.2, 0.25) is 0 Å². The number of unbranched alkanes of at least 4 members (excludes halogenated alkanes) is 1.